The van der Waals surface area contributed by atoms with E-state index in [9.17, 15) is 9.59 Å². The van der Waals surface area contributed by atoms with Crippen LogP contribution in [0.25, 0.3) is 10.1 Å². The molecule has 0 fully saturated rings. The third kappa shape index (κ3) is 5.47. The molecular formula is C21H17BrClN3O3S. The van der Waals surface area contributed by atoms with E-state index in [0.29, 0.717) is 22.3 Å². The Morgan fingerprint density at radius 1 is 1.27 bits per heavy atom. The lowest BCUT2D eigenvalue weighted by atomic mass is 10.2. The standard InChI is InChI=1S/C21H17BrClN3O3S/c1-2-9-29-14-7-8-16(22)13(10-14)11-25-26-18(27)12-24-21(28)20-19(23)15-5-3-4-6-17(15)30-20/h2-8,10-11H,1,9,12H2,(H,24,28)(H,26,27)/b25-11+. The van der Waals surface area contributed by atoms with Gasteiger partial charge in [-0.05, 0) is 24.3 Å². The van der Waals surface area contributed by atoms with Gasteiger partial charge in [-0.15, -0.1) is 11.3 Å². The van der Waals surface area contributed by atoms with Gasteiger partial charge >= 0.3 is 0 Å². The number of thiophene rings is 1. The molecule has 6 nitrogen and oxygen atoms in total. The Kier molecular flexibility index (Phi) is 7.62. The quantitative estimate of drug-likeness (QED) is 0.263. The summed E-state index contributed by atoms with van der Waals surface area (Å²) >= 11 is 11.0. The summed E-state index contributed by atoms with van der Waals surface area (Å²) in [5, 5.41) is 7.67. The van der Waals surface area contributed by atoms with Crippen LogP contribution in [0.4, 0.5) is 0 Å². The van der Waals surface area contributed by atoms with Crippen molar-refractivity contribution in [1.82, 2.24) is 10.7 Å². The van der Waals surface area contributed by atoms with E-state index in [2.05, 4.69) is 38.4 Å². The monoisotopic (exact) mass is 505 g/mol. The molecule has 1 aromatic heterocycles. The van der Waals surface area contributed by atoms with Crippen molar-refractivity contribution in [3.8, 4) is 5.75 Å². The molecule has 0 radical (unpaired) electrons. The first-order valence-corrected chi connectivity index (χ1v) is 10.8. The molecule has 30 heavy (non-hydrogen) atoms. The van der Waals surface area contributed by atoms with E-state index < -0.39 is 11.8 Å². The van der Waals surface area contributed by atoms with Crippen LogP contribution in [-0.4, -0.2) is 31.2 Å². The highest BCUT2D eigenvalue weighted by Crippen LogP contribution is 2.34. The number of nitrogens with zero attached hydrogens (tertiary/aromatic N) is 1. The minimum absolute atomic E-state index is 0.232. The van der Waals surface area contributed by atoms with Crippen LogP contribution in [0.15, 0.2) is 64.7 Å². The zero-order chi connectivity index (χ0) is 21.5. The maximum Gasteiger partial charge on any atom is 0.263 e. The Morgan fingerprint density at radius 3 is 2.83 bits per heavy atom. The fourth-order valence-electron chi connectivity index (χ4n) is 2.48. The first-order valence-electron chi connectivity index (χ1n) is 8.80. The Morgan fingerprint density at radius 2 is 2.07 bits per heavy atom. The number of hydrazone groups is 1. The SMILES string of the molecule is C=CCOc1ccc(Br)c(/C=N/NC(=O)CNC(=O)c2sc3ccccc3c2Cl)c1. The Labute approximate surface area is 190 Å². The average Bonchev–Trinajstić information content (AvgIpc) is 3.09. The van der Waals surface area contributed by atoms with Crippen LogP contribution in [-0.2, 0) is 4.79 Å². The molecule has 9 heteroatoms. The molecular weight excluding hydrogens is 490 g/mol. The molecule has 154 valence electrons. The van der Waals surface area contributed by atoms with E-state index >= 15 is 0 Å². The van der Waals surface area contributed by atoms with E-state index in [1.54, 1.807) is 18.2 Å². The molecule has 0 unspecified atom stereocenters. The van der Waals surface area contributed by atoms with Crippen LogP contribution in [0.1, 0.15) is 15.2 Å². The second-order valence-corrected chi connectivity index (χ2v) is 8.28. The van der Waals surface area contributed by atoms with Crippen molar-refractivity contribution in [2.45, 2.75) is 0 Å². The Hall–Kier alpha value is -2.68. The van der Waals surface area contributed by atoms with Crippen molar-refractivity contribution in [3.05, 3.63) is 75.1 Å². The predicted octanol–water partition coefficient (Wildman–Crippen LogP) is 4.76. The molecule has 0 spiro atoms. The van der Waals surface area contributed by atoms with Gasteiger partial charge < -0.3 is 10.1 Å². The molecule has 2 N–H and O–H groups in total. The summed E-state index contributed by atoms with van der Waals surface area (Å²) in [6.45, 7) is 3.76. The number of rotatable bonds is 8. The summed E-state index contributed by atoms with van der Waals surface area (Å²) in [4.78, 5) is 24.7. The van der Waals surface area contributed by atoms with Crippen molar-refractivity contribution in [3.63, 3.8) is 0 Å². The Balaban J connectivity index is 1.55. The highest BCUT2D eigenvalue weighted by molar-refractivity contribution is 9.10. The van der Waals surface area contributed by atoms with Gasteiger partial charge in [0.25, 0.3) is 11.8 Å². The summed E-state index contributed by atoms with van der Waals surface area (Å²) in [7, 11) is 0. The molecule has 2 aromatic carbocycles. The second kappa shape index (κ2) is 10.4. The first-order chi connectivity index (χ1) is 14.5. The molecule has 0 aliphatic heterocycles. The maximum absolute atomic E-state index is 12.4. The lowest BCUT2D eigenvalue weighted by molar-refractivity contribution is -0.120. The zero-order valence-electron chi connectivity index (χ0n) is 15.7. The van der Waals surface area contributed by atoms with Crippen molar-refractivity contribution in [2.75, 3.05) is 13.2 Å². The number of ether oxygens (including phenoxy) is 1. The first kappa shape index (κ1) is 22.0. The molecule has 1 heterocycles. The number of halogens is 2. The molecule has 3 rings (SSSR count). The summed E-state index contributed by atoms with van der Waals surface area (Å²) in [6, 6.07) is 12.9. The van der Waals surface area contributed by atoms with Gasteiger partial charge in [0.05, 0.1) is 17.8 Å². The highest BCUT2D eigenvalue weighted by atomic mass is 79.9. The number of hydrogen-bond donors (Lipinski definition) is 2. The molecule has 0 saturated heterocycles. The van der Waals surface area contributed by atoms with Gasteiger partial charge in [-0.3, -0.25) is 9.59 Å². The minimum atomic E-state index is -0.466. The molecule has 0 bridgehead atoms. The molecule has 0 saturated carbocycles. The fraction of sp³-hybridized carbons (Fsp3) is 0.0952. The number of fused-ring (bicyclic) bond motifs is 1. The molecule has 2 amide bonds. The number of nitrogens with one attached hydrogen (secondary N) is 2. The third-order valence-electron chi connectivity index (χ3n) is 3.88. The molecule has 3 aromatic rings. The van der Waals surface area contributed by atoms with Crippen LogP contribution < -0.4 is 15.5 Å². The van der Waals surface area contributed by atoms with E-state index in [4.69, 9.17) is 16.3 Å². The van der Waals surface area contributed by atoms with Gasteiger partial charge in [-0.1, -0.05) is 58.4 Å². The average molecular weight is 507 g/mol. The van der Waals surface area contributed by atoms with Crippen LogP contribution >= 0.6 is 38.9 Å². The van der Waals surface area contributed by atoms with Crippen molar-refractivity contribution in [2.24, 2.45) is 5.10 Å². The van der Waals surface area contributed by atoms with E-state index in [1.165, 1.54) is 17.6 Å². The second-order valence-electron chi connectivity index (χ2n) is 6.00. The van der Waals surface area contributed by atoms with Gasteiger partial charge in [0.1, 0.15) is 17.2 Å². The number of carbonyl (C=O) groups excluding carboxylic acids is 2. The smallest absolute Gasteiger partial charge is 0.263 e. The van der Waals surface area contributed by atoms with Crippen LogP contribution in [0.3, 0.4) is 0 Å². The fourth-order valence-corrected chi connectivity index (χ4v) is 4.26. The zero-order valence-corrected chi connectivity index (χ0v) is 18.8. The normalized spacial score (nSPS) is 10.9. The summed E-state index contributed by atoms with van der Waals surface area (Å²) in [5.74, 6) is -0.222. The molecule has 0 atom stereocenters. The Bertz CT molecular complexity index is 1130. The third-order valence-corrected chi connectivity index (χ3v) is 6.28. The summed E-state index contributed by atoms with van der Waals surface area (Å²) in [6.07, 6.45) is 3.13. The predicted molar refractivity (Wildman–Crippen MR) is 125 cm³/mol. The van der Waals surface area contributed by atoms with E-state index in [-0.39, 0.29) is 6.54 Å². The molecule has 0 aliphatic carbocycles. The number of amides is 2. The van der Waals surface area contributed by atoms with Gasteiger partial charge in [0.2, 0.25) is 0 Å². The van der Waals surface area contributed by atoms with E-state index in [0.717, 1.165) is 20.1 Å². The van der Waals surface area contributed by atoms with Crippen molar-refractivity contribution < 1.29 is 14.3 Å². The summed E-state index contributed by atoms with van der Waals surface area (Å²) in [5.41, 5.74) is 3.10. The van der Waals surface area contributed by atoms with Crippen LogP contribution in [0, 0.1) is 0 Å². The number of carbonyl (C=O) groups is 2. The summed E-state index contributed by atoms with van der Waals surface area (Å²) < 4.78 is 7.17. The van der Waals surface area contributed by atoms with E-state index in [1.807, 2.05) is 30.3 Å². The number of hydrogen-bond acceptors (Lipinski definition) is 5. The van der Waals surface area contributed by atoms with Crippen LogP contribution in [0.2, 0.25) is 5.02 Å². The number of benzene rings is 2. The van der Waals surface area contributed by atoms with Gasteiger partial charge in [-0.2, -0.15) is 5.10 Å². The largest absolute Gasteiger partial charge is 0.490 e. The topological polar surface area (TPSA) is 79.8 Å². The molecule has 0 aliphatic rings. The van der Waals surface area contributed by atoms with Crippen LogP contribution in [0.5, 0.6) is 5.75 Å². The van der Waals surface area contributed by atoms with Gasteiger partial charge in [-0.25, -0.2) is 5.43 Å². The maximum atomic E-state index is 12.4. The minimum Gasteiger partial charge on any atom is -0.490 e. The lowest BCUT2D eigenvalue weighted by Gasteiger charge is -2.06. The lowest BCUT2D eigenvalue weighted by Crippen LogP contribution is -2.34. The van der Waals surface area contributed by atoms with Gasteiger partial charge in [0.15, 0.2) is 0 Å². The highest BCUT2D eigenvalue weighted by Gasteiger charge is 2.17. The van der Waals surface area contributed by atoms with Crippen molar-refractivity contribution in [1.29, 1.82) is 0 Å². The van der Waals surface area contributed by atoms with Gasteiger partial charge in [0, 0.05) is 20.1 Å². The van der Waals surface area contributed by atoms with Crippen molar-refractivity contribution >= 4 is 67.0 Å².